The monoisotopic (exact) mass is 417 g/mol. The van der Waals surface area contributed by atoms with Crippen molar-refractivity contribution in [3.8, 4) is 11.3 Å². The maximum Gasteiger partial charge on any atom is 0.275 e. The van der Waals surface area contributed by atoms with Gasteiger partial charge in [-0.1, -0.05) is 72.3 Å². The maximum absolute atomic E-state index is 13.0. The van der Waals surface area contributed by atoms with Gasteiger partial charge in [-0.2, -0.15) is 5.10 Å². The van der Waals surface area contributed by atoms with Gasteiger partial charge < -0.3 is 5.32 Å². The van der Waals surface area contributed by atoms with Crippen LogP contribution in [-0.2, 0) is 11.3 Å². The molecule has 1 amide bonds. The number of hydrogen-bond donors (Lipinski definition) is 1. The number of carbonyl (C=O) groups excluding carboxylic acids is 1. The summed E-state index contributed by atoms with van der Waals surface area (Å²) < 4.78 is 1.22. The van der Waals surface area contributed by atoms with Crippen molar-refractivity contribution in [2.45, 2.75) is 19.5 Å². The zero-order valence-electron chi connectivity index (χ0n) is 16.4. The van der Waals surface area contributed by atoms with Crippen molar-refractivity contribution < 1.29 is 4.79 Å². The molecule has 0 aliphatic carbocycles. The van der Waals surface area contributed by atoms with Crippen LogP contribution in [0.3, 0.4) is 0 Å². The minimum absolute atomic E-state index is 0.165. The van der Waals surface area contributed by atoms with Crippen molar-refractivity contribution in [1.82, 2.24) is 15.1 Å². The summed E-state index contributed by atoms with van der Waals surface area (Å²) in [4.78, 5) is 25.6. The van der Waals surface area contributed by atoms with Crippen molar-refractivity contribution in [3.05, 3.63) is 99.8 Å². The maximum atomic E-state index is 13.0. The summed E-state index contributed by atoms with van der Waals surface area (Å²) in [6.07, 6.45) is 0. The van der Waals surface area contributed by atoms with Gasteiger partial charge in [0.2, 0.25) is 5.91 Å². The summed E-state index contributed by atoms with van der Waals surface area (Å²) in [7, 11) is 0. The van der Waals surface area contributed by atoms with Gasteiger partial charge in [0.1, 0.15) is 6.54 Å². The highest BCUT2D eigenvalue weighted by Crippen LogP contribution is 2.25. The van der Waals surface area contributed by atoms with Crippen molar-refractivity contribution in [1.29, 1.82) is 0 Å². The molecule has 1 N–H and O–H groups in total. The smallest absolute Gasteiger partial charge is 0.275 e. The second kappa shape index (κ2) is 8.51. The highest BCUT2D eigenvalue weighted by molar-refractivity contribution is 6.30. The molecule has 1 aromatic heterocycles. The van der Waals surface area contributed by atoms with Gasteiger partial charge in [0.25, 0.3) is 5.56 Å². The van der Waals surface area contributed by atoms with Crippen LogP contribution in [0.1, 0.15) is 18.5 Å². The summed E-state index contributed by atoms with van der Waals surface area (Å²) in [5, 5.41) is 9.32. The van der Waals surface area contributed by atoms with Gasteiger partial charge >= 0.3 is 0 Å². The van der Waals surface area contributed by atoms with Gasteiger partial charge in [-0.25, -0.2) is 4.68 Å². The fraction of sp³-hybridized carbons (Fsp3) is 0.125. The van der Waals surface area contributed by atoms with Crippen molar-refractivity contribution in [2.24, 2.45) is 0 Å². The molecule has 5 nitrogen and oxygen atoms in total. The van der Waals surface area contributed by atoms with Crippen LogP contribution in [0.2, 0.25) is 5.02 Å². The third kappa shape index (κ3) is 4.11. The number of rotatable bonds is 5. The SMILES string of the molecule is C[C@H](NC(=O)Cn1nc(-c2ccc(Cl)cc2)c2ccccc2c1=O)c1ccccc1. The predicted octanol–water partition coefficient (Wildman–Crippen LogP) is 4.59. The fourth-order valence-electron chi connectivity index (χ4n) is 3.41. The Balaban J connectivity index is 1.69. The first-order valence-electron chi connectivity index (χ1n) is 9.63. The minimum atomic E-state index is -0.300. The van der Waals surface area contributed by atoms with Crippen LogP contribution in [-0.4, -0.2) is 15.7 Å². The number of carbonyl (C=O) groups is 1. The van der Waals surface area contributed by atoms with E-state index in [1.54, 1.807) is 24.3 Å². The van der Waals surface area contributed by atoms with Crippen LogP contribution in [0.25, 0.3) is 22.0 Å². The number of fused-ring (bicyclic) bond motifs is 1. The number of halogens is 1. The molecule has 0 saturated carbocycles. The number of aromatic nitrogens is 2. The van der Waals surface area contributed by atoms with E-state index in [2.05, 4.69) is 10.4 Å². The van der Waals surface area contributed by atoms with Crippen molar-refractivity contribution >= 4 is 28.3 Å². The molecule has 1 heterocycles. The lowest BCUT2D eigenvalue weighted by molar-refractivity contribution is -0.122. The van der Waals surface area contributed by atoms with Gasteiger partial charge in [-0.15, -0.1) is 0 Å². The average molecular weight is 418 g/mol. The zero-order valence-corrected chi connectivity index (χ0v) is 17.1. The second-order valence-electron chi connectivity index (χ2n) is 7.06. The summed E-state index contributed by atoms with van der Waals surface area (Å²) in [6.45, 7) is 1.74. The molecule has 150 valence electrons. The number of nitrogens with zero attached hydrogens (tertiary/aromatic N) is 2. The van der Waals surface area contributed by atoms with Crippen molar-refractivity contribution in [3.63, 3.8) is 0 Å². The quantitative estimate of drug-likeness (QED) is 0.516. The van der Waals surface area contributed by atoms with E-state index in [1.165, 1.54) is 4.68 Å². The Morgan fingerprint density at radius 2 is 1.60 bits per heavy atom. The Labute approximate surface area is 178 Å². The summed E-state index contributed by atoms with van der Waals surface area (Å²) >= 11 is 6.01. The lowest BCUT2D eigenvalue weighted by atomic mass is 10.1. The molecule has 3 aromatic carbocycles. The van der Waals surface area contributed by atoms with E-state index in [9.17, 15) is 9.59 Å². The van der Waals surface area contributed by atoms with Crippen LogP contribution in [0.4, 0.5) is 0 Å². The van der Waals surface area contributed by atoms with Crippen LogP contribution in [0.15, 0.2) is 83.7 Å². The standard InChI is InChI=1S/C24H20ClN3O2/c1-16(17-7-3-2-4-8-17)26-22(29)15-28-24(30)21-10-6-5-9-20(21)23(27-28)18-11-13-19(25)14-12-18/h2-14,16H,15H2,1H3,(H,26,29)/t16-/m0/s1. The average Bonchev–Trinajstić information content (AvgIpc) is 2.77. The molecule has 0 spiro atoms. The van der Waals surface area contributed by atoms with E-state index in [0.29, 0.717) is 16.1 Å². The van der Waals surface area contributed by atoms with E-state index in [4.69, 9.17) is 11.6 Å². The lowest BCUT2D eigenvalue weighted by Gasteiger charge is -2.15. The molecule has 4 aromatic rings. The predicted molar refractivity (Wildman–Crippen MR) is 119 cm³/mol. The van der Waals surface area contributed by atoms with E-state index >= 15 is 0 Å². The summed E-state index contributed by atoms with van der Waals surface area (Å²) in [6, 6.07) is 24.0. The molecule has 1 atom stereocenters. The normalized spacial score (nSPS) is 11.9. The van der Waals surface area contributed by atoms with Gasteiger partial charge in [-0.3, -0.25) is 9.59 Å². The molecule has 0 unspecified atom stereocenters. The molecule has 0 aliphatic rings. The zero-order chi connectivity index (χ0) is 21.1. The van der Waals surface area contributed by atoms with Gasteiger partial charge in [0.05, 0.1) is 17.1 Å². The Morgan fingerprint density at radius 3 is 2.30 bits per heavy atom. The molecular formula is C24H20ClN3O2. The minimum Gasteiger partial charge on any atom is -0.348 e. The molecule has 0 radical (unpaired) electrons. The molecule has 6 heteroatoms. The van der Waals surface area contributed by atoms with Gasteiger partial charge in [0, 0.05) is 16.0 Å². The molecule has 30 heavy (non-hydrogen) atoms. The Bertz CT molecular complexity index is 1250. The molecule has 0 aliphatic heterocycles. The summed E-state index contributed by atoms with van der Waals surface area (Å²) in [5.41, 5.74) is 2.14. The Morgan fingerprint density at radius 1 is 0.967 bits per heavy atom. The number of benzene rings is 3. The molecule has 0 saturated heterocycles. The molecule has 0 fully saturated rings. The first kappa shape index (κ1) is 19.9. The fourth-order valence-corrected chi connectivity index (χ4v) is 3.54. The summed E-state index contributed by atoms with van der Waals surface area (Å²) in [5.74, 6) is -0.279. The van der Waals surface area contributed by atoms with Crippen molar-refractivity contribution in [2.75, 3.05) is 0 Å². The number of hydrogen-bond acceptors (Lipinski definition) is 3. The van der Waals surface area contributed by atoms with Gasteiger partial charge in [0.15, 0.2) is 0 Å². The number of amides is 1. The molecular weight excluding hydrogens is 398 g/mol. The first-order valence-corrected chi connectivity index (χ1v) is 10.0. The van der Waals surface area contributed by atoms with Crippen LogP contribution in [0.5, 0.6) is 0 Å². The van der Waals surface area contributed by atoms with E-state index in [0.717, 1.165) is 16.5 Å². The van der Waals surface area contributed by atoms with Crippen LogP contribution >= 0.6 is 11.6 Å². The van der Waals surface area contributed by atoms with Crippen LogP contribution in [0, 0.1) is 0 Å². The third-order valence-electron chi connectivity index (χ3n) is 4.96. The first-order chi connectivity index (χ1) is 14.5. The molecule has 4 rings (SSSR count). The highest BCUT2D eigenvalue weighted by Gasteiger charge is 2.15. The van der Waals surface area contributed by atoms with E-state index in [1.807, 2.05) is 61.5 Å². The third-order valence-corrected chi connectivity index (χ3v) is 5.21. The topological polar surface area (TPSA) is 64.0 Å². The number of nitrogens with one attached hydrogen (secondary N) is 1. The largest absolute Gasteiger partial charge is 0.348 e. The van der Waals surface area contributed by atoms with Crippen LogP contribution < -0.4 is 10.9 Å². The Kier molecular flexibility index (Phi) is 5.63. The molecule has 0 bridgehead atoms. The van der Waals surface area contributed by atoms with Gasteiger partial charge in [-0.05, 0) is 30.7 Å². The Hall–Kier alpha value is -3.44. The highest BCUT2D eigenvalue weighted by atomic mass is 35.5. The van der Waals surface area contributed by atoms with E-state index in [-0.39, 0.29) is 24.1 Å². The lowest BCUT2D eigenvalue weighted by Crippen LogP contribution is -2.35. The second-order valence-corrected chi connectivity index (χ2v) is 7.50. The van der Waals surface area contributed by atoms with E-state index < -0.39 is 0 Å².